The van der Waals surface area contributed by atoms with E-state index in [4.69, 9.17) is 0 Å². The monoisotopic (exact) mass is 186 g/mol. The van der Waals surface area contributed by atoms with Crippen molar-refractivity contribution < 1.29 is 5.11 Å². The average Bonchev–Trinajstić information content (AvgIpc) is 1.95. The highest BCUT2D eigenvalue weighted by Gasteiger charge is 2.24. The Bertz CT molecular complexity index is 135. The predicted molar refractivity (Wildman–Crippen MR) is 54.8 cm³/mol. The second kappa shape index (κ2) is 5.58. The normalized spacial score (nSPS) is 20.3. The van der Waals surface area contributed by atoms with E-state index in [0.717, 1.165) is 25.7 Å². The van der Waals surface area contributed by atoms with E-state index >= 15 is 0 Å². The number of hydrogen-bond acceptors (Lipinski definition) is 3. The van der Waals surface area contributed by atoms with Crippen LogP contribution in [0.2, 0.25) is 0 Å². The fourth-order valence-electron chi connectivity index (χ4n) is 1.77. The number of likely N-dealkylation sites (N-methyl/N-ethyl adjacent to an activating group) is 1. The Balaban J connectivity index is 2.24. The highest BCUT2D eigenvalue weighted by molar-refractivity contribution is 4.81. The third kappa shape index (κ3) is 3.63. The van der Waals surface area contributed by atoms with Gasteiger partial charge >= 0.3 is 0 Å². The molecular formula is C10H22N2O. The molecule has 0 amide bonds. The van der Waals surface area contributed by atoms with Crippen molar-refractivity contribution in [3.8, 4) is 0 Å². The molecule has 0 bridgehead atoms. The third-order valence-electron chi connectivity index (χ3n) is 2.74. The first kappa shape index (κ1) is 11.0. The lowest BCUT2D eigenvalue weighted by molar-refractivity contribution is 0.0678. The van der Waals surface area contributed by atoms with Crippen LogP contribution < -0.4 is 5.32 Å². The zero-order valence-electron chi connectivity index (χ0n) is 8.79. The fourth-order valence-corrected chi connectivity index (χ4v) is 1.77. The Labute approximate surface area is 81.1 Å². The Morgan fingerprint density at radius 3 is 2.62 bits per heavy atom. The van der Waals surface area contributed by atoms with Gasteiger partial charge in [0, 0.05) is 25.7 Å². The smallest absolute Gasteiger partial charge is 0.0639 e. The molecule has 78 valence electrons. The summed E-state index contributed by atoms with van der Waals surface area (Å²) in [6.45, 7) is 4.77. The van der Waals surface area contributed by atoms with Crippen LogP contribution in [0.15, 0.2) is 0 Å². The van der Waals surface area contributed by atoms with Gasteiger partial charge in [0.1, 0.15) is 0 Å². The SMILES string of the molecule is CNCCN(CC(C)O)C1CCC1. The number of rotatable bonds is 6. The molecule has 1 saturated carbocycles. The standard InChI is InChI=1S/C10H22N2O/c1-9(13)8-12(7-6-11-2)10-4-3-5-10/h9-11,13H,3-8H2,1-2H3. The van der Waals surface area contributed by atoms with Gasteiger partial charge in [-0.15, -0.1) is 0 Å². The lowest BCUT2D eigenvalue weighted by Gasteiger charge is -2.38. The lowest BCUT2D eigenvalue weighted by atomic mass is 9.91. The summed E-state index contributed by atoms with van der Waals surface area (Å²) in [6.07, 6.45) is 3.80. The first-order chi connectivity index (χ1) is 6.24. The molecule has 0 spiro atoms. The maximum atomic E-state index is 9.33. The minimum Gasteiger partial charge on any atom is -0.392 e. The number of hydrogen-bond donors (Lipinski definition) is 2. The summed E-state index contributed by atoms with van der Waals surface area (Å²) in [5.74, 6) is 0. The van der Waals surface area contributed by atoms with E-state index in [1.54, 1.807) is 0 Å². The Morgan fingerprint density at radius 1 is 1.54 bits per heavy atom. The van der Waals surface area contributed by atoms with E-state index in [-0.39, 0.29) is 6.10 Å². The van der Waals surface area contributed by atoms with Crippen LogP contribution in [0.5, 0.6) is 0 Å². The second-order valence-electron chi connectivity index (χ2n) is 4.03. The summed E-state index contributed by atoms with van der Waals surface area (Å²) in [5.41, 5.74) is 0. The van der Waals surface area contributed by atoms with Gasteiger partial charge in [0.05, 0.1) is 6.10 Å². The van der Waals surface area contributed by atoms with Crippen molar-refractivity contribution in [3.63, 3.8) is 0 Å². The highest BCUT2D eigenvalue weighted by Crippen LogP contribution is 2.24. The topological polar surface area (TPSA) is 35.5 Å². The molecule has 13 heavy (non-hydrogen) atoms. The van der Waals surface area contributed by atoms with E-state index in [2.05, 4.69) is 10.2 Å². The van der Waals surface area contributed by atoms with Gasteiger partial charge in [0.2, 0.25) is 0 Å². The van der Waals surface area contributed by atoms with E-state index in [1.807, 2.05) is 14.0 Å². The van der Waals surface area contributed by atoms with Crippen molar-refractivity contribution in [3.05, 3.63) is 0 Å². The van der Waals surface area contributed by atoms with Gasteiger partial charge in [-0.25, -0.2) is 0 Å². The van der Waals surface area contributed by atoms with Crippen molar-refractivity contribution in [1.82, 2.24) is 10.2 Å². The molecule has 2 N–H and O–H groups in total. The minimum absolute atomic E-state index is 0.197. The van der Waals surface area contributed by atoms with Crippen LogP contribution in [-0.4, -0.2) is 48.8 Å². The molecule has 1 aliphatic carbocycles. The first-order valence-electron chi connectivity index (χ1n) is 5.30. The van der Waals surface area contributed by atoms with E-state index < -0.39 is 0 Å². The van der Waals surface area contributed by atoms with Crippen molar-refractivity contribution in [2.75, 3.05) is 26.7 Å². The molecule has 0 aromatic heterocycles. The van der Waals surface area contributed by atoms with E-state index in [1.165, 1.54) is 19.3 Å². The van der Waals surface area contributed by atoms with Crippen LogP contribution in [-0.2, 0) is 0 Å². The average molecular weight is 186 g/mol. The van der Waals surface area contributed by atoms with Gasteiger partial charge in [-0.3, -0.25) is 4.90 Å². The summed E-state index contributed by atoms with van der Waals surface area (Å²) in [7, 11) is 1.97. The molecule has 1 atom stereocenters. The Kier molecular flexibility index (Phi) is 4.70. The van der Waals surface area contributed by atoms with Crippen molar-refractivity contribution in [1.29, 1.82) is 0 Å². The molecule has 3 nitrogen and oxygen atoms in total. The molecular weight excluding hydrogens is 164 g/mol. The van der Waals surface area contributed by atoms with Crippen LogP contribution in [0.1, 0.15) is 26.2 Å². The van der Waals surface area contributed by atoms with E-state index in [9.17, 15) is 5.11 Å². The molecule has 0 aromatic rings. The van der Waals surface area contributed by atoms with Crippen LogP contribution in [0.25, 0.3) is 0 Å². The minimum atomic E-state index is -0.197. The molecule has 1 fully saturated rings. The molecule has 0 aliphatic heterocycles. The highest BCUT2D eigenvalue weighted by atomic mass is 16.3. The first-order valence-corrected chi connectivity index (χ1v) is 5.30. The molecule has 3 heteroatoms. The number of aliphatic hydroxyl groups is 1. The van der Waals surface area contributed by atoms with Gasteiger partial charge < -0.3 is 10.4 Å². The summed E-state index contributed by atoms with van der Waals surface area (Å²) < 4.78 is 0. The Morgan fingerprint density at radius 2 is 2.23 bits per heavy atom. The van der Waals surface area contributed by atoms with Gasteiger partial charge in [0.25, 0.3) is 0 Å². The second-order valence-corrected chi connectivity index (χ2v) is 4.03. The zero-order chi connectivity index (χ0) is 9.68. The molecule has 0 saturated heterocycles. The van der Waals surface area contributed by atoms with Gasteiger partial charge in [-0.05, 0) is 26.8 Å². The molecule has 1 unspecified atom stereocenters. The Hall–Kier alpha value is -0.120. The fraction of sp³-hybridized carbons (Fsp3) is 1.00. The van der Waals surface area contributed by atoms with Crippen molar-refractivity contribution in [2.45, 2.75) is 38.3 Å². The summed E-state index contributed by atoms with van der Waals surface area (Å²) in [4.78, 5) is 2.41. The molecule has 0 radical (unpaired) electrons. The maximum Gasteiger partial charge on any atom is 0.0639 e. The number of nitrogens with zero attached hydrogens (tertiary/aromatic N) is 1. The van der Waals surface area contributed by atoms with E-state index in [0.29, 0.717) is 0 Å². The van der Waals surface area contributed by atoms with Crippen LogP contribution in [0.4, 0.5) is 0 Å². The van der Waals surface area contributed by atoms with Crippen LogP contribution >= 0.6 is 0 Å². The molecule has 1 rings (SSSR count). The van der Waals surface area contributed by atoms with Crippen molar-refractivity contribution in [2.24, 2.45) is 0 Å². The zero-order valence-corrected chi connectivity index (χ0v) is 8.79. The number of nitrogens with one attached hydrogen (secondary N) is 1. The summed E-state index contributed by atoms with van der Waals surface area (Å²) >= 11 is 0. The van der Waals surface area contributed by atoms with Gasteiger partial charge in [-0.1, -0.05) is 6.42 Å². The van der Waals surface area contributed by atoms with Gasteiger partial charge in [-0.2, -0.15) is 0 Å². The molecule has 0 aromatic carbocycles. The van der Waals surface area contributed by atoms with Crippen LogP contribution in [0.3, 0.4) is 0 Å². The summed E-state index contributed by atoms with van der Waals surface area (Å²) in [5, 5.41) is 12.5. The molecule has 0 heterocycles. The summed E-state index contributed by atoms with van der Waals surface area (Å²) in [6, 6.07) is 0.739. The quantitative estimate of drug-likeness (QED) is 0.632. The predicted octanol–water partition coefficient (Wildman–Crippen LogP) is 0.441. The van der Waals surface area contributed by atoms with Crippen molar-refractivity contribution >= 4 is 0 Å². The lowest BCUT2D eigenvalue weighted by Crippen LogP contribution is -2.46. The van der Waals surface area contributed by atoms with Gasteiger partial charge in [0.15, 0.2) is 0 Å². The largest absolute Gasteiger partial charge is 0.392 e. The third-order valence-corrected chi connectivity index (χ3v) is 2.74. The maximum absolute atomic E-state index is 9.33. The number of aliphatic hydroxyl groups excluding tert-OH is 1. The van der Waals surface area contributed by atoms with Crippen LogP contribution in [0, 0.1) is 0 Å². The molecule has 1 aliphatic rings.